The molecule has 2 aromatic heterocycles. The fraction of sp³-hybridized carbons (Fsp3) is 0.286. The molecule has 148 valence electrons. The monoisotopic (exact) mass is 397 g/mol. The van der Waals surface area contributed by atoms with Gasteiger partial charge in [0.2, 0.25) is 5.82 Å². The van der Waals surface area contributed by atoms with Gasteiger partial charge >= 0.3 is 6.18 Å². The number of aromatic amines is 1. The van der Waals surface area contributed by atoms with Crippen molar-refractivity contribution in [3.63, 3.8) is 0 Å². The number of rotatable bonds is 2. The van der Waals surface area contributed by atoms with Crippen LogP contribution in [0.25, 0.3) is 21.9 Å². The van der Waals surface area contributed by atoms with Crippen molar-refractivity contribution in [2.45, 2.75) is 24.9 Å². The standard InChI is InChI=1S/C21H18F3N5/c22-21(23,24)20-27-15-8-2-1-7-14(15)19(28-20)29-11-5-6-13(12-29)18-25-16-9-3-4-10-17(16)26-18/h1-4,7-10,13H,5-6,11-12H2,(H,25,26). The van der Waals surface area contributed by atoms with Crippen LogP contribution in [0, 0.1) is 0 Å². The second-order valence-corrected chi connectivity index (χ2v) is 7.31. The smallest absolute Gasteiger partial charge is 0.355 e. The van der Waals surface area contributed by atoms with E-state index in [1.54, 1.807) is 24.3 Å². The molecule has 0 saturated carbocycles. The molecular formula is C21H18F3N5. The third-order valence-corrected chi connectivity index (χ3v) is 5.35. The van der Waals surface area contributed by atoms with Gasteiger partial charge in [-0.25, -0.2) is 15.0 Å². The Kier molecular flexibility index (Phi) is 4.15. The van der Waals surface area contributed by atoms with Crippen LogP contribution in [0.2, 0.25) is 0 Å². The largest absolute Gasteiger partial charge is 0.451 e. The molecular weight excluding hydrogens is 379 g/mol. The van der Waals surface area contributed by atoms with E-state index in [9.17, 15) is 13.2 Å². The third-order valence-electron chi connectivity index (χ3n) is 5.35. The number of para-hydroxylation sites is 3. The number of halogens is 3. The Balaban J connectivity index is 1.54. The summed E-state index contributed by atoms with van der Waals surface area (Å²) in [6.07, 6.45) is -2.82. The Bertz CT molecular complexity index is 1150. The topological polar surface area (TPSA) is 57.7 Å². The number of nitrogens with one attached hydrogen (secondary N) is 1. The molecule has 1 N–H and O–H groups in total. The molecule has 2 aromatic carbocycles. The van der Waals surface area contributed by atoms with Gasteiger partial charge in [-0.1, -0.05) is 24.3 Å². The highest BCUT2D eigenvalue weighted by molar-refractivity contribution is 5.89. The summed E-state index contributed by atoms with van der Waals surface area (Å²) >= 11 is 0. The fourth-order valence-electron chi connectivity index (χ4n) is 3.99. The first-order valence-electron chi connectivity index (χ1n) is 9.52. The molecule has 1 aliphatic rings. The van der Waals surface area contributed by atoms with Crippen LogP contribution < -0.4 is 4.90 Å². The molecule has 0 aliphatic carbocycles. The minimum atomic E-state index is -4.59. The van der Waals surface area contributed by atoms with Crippen LogP contribution in [0.3, 0.4) is 0 Å². The predicted octanol–water partition coefficient (Wildman–Crippen LogP) is 4.91. The van der Waals surface area contributed by atoms with Crippen LogP contribution >= 0.6 is 0 Å². The lowest BCUT2D eigenvalue weighted by atomic mass is 9.97. The van der Waals surface area contributed by atoms with E-state index in [1.807, 2.05) is 29.2 Å². The van der Waals surface area contributed by atoms with Crippen molar-refractivity contribution < 1.29 is 13.2 Å². The summed E-state index contributed by atoms with van der Waals surface area (Å²) in [4.78, 5) is 17.6. The molecule has 8 heteroatoms. The van der Waals surface area contributed by atoms with Crippen LogP contribution in [-0.4, -0.2) is 33.0 Å². The lowest BCUT2D eigenvalue weighted by Gasteiger charge is -2.33. The molecule has 5 nitrogen and oxygen atoms in total. The summed E-state index contributed by atoms with van der Waals surface area (Å²) in [6, 6.07) is 14.7. The van der Waals surface area contributed by atoms with Gasteiger partial charge in [-0.15, -0.1) is 0 Å². The average molecular weight is 397 g/mol. The van der Waals surface area contributed by atoms with Gasteiger partial charge in [-0.05, 0) is 37.1 Å². The molecule has 1 unspecified atom stereocenters. The van der Waals surface area contributed by atoms with E-state index in [2.05, 4.69) is 19.9 Å². The minimum absolute atomic E-state index is 0.0965. The van der Waals surface area contributed by atoms with Crippen molar-refractivity contribution in [3.8, 4) is 0 Å². The summed E-state index contributed by atoms with van der Waals surface area (Å²) < 4.78 is 40.1. The van der Waals surface area contributed by atoms with Crippen LogP contribution in [0.15, 0.2) is 48.5 Å². The van der Waals surface area contributed by atoms with Crippen LogP contribution in [0.1, 0.15) is 30.4 Å². The number of imidazole rings is 1. The maximum atomic E-state index is 13.4. The molecule has 1 fully saturated rings. The predicted molar refractivity (Wildman–Crippen MR) is 105 cm³/mol. The third kappa shape index (κ3) is 3.28. The number of alkyl halides is 3. The number of hydrogen-bond donors (Lipinski definition) is 1. The number of anilines is 1. The first-order chi connectivity index (χ1) is 14.0. The van der Waals surface area contributed by atoms with Gasteiger partial charge in [-0.3, -0.25) is 0 Å². The van der Waals surface area contributed by atoms with E-state index in [0.717, 1.165) is 29.7 Å². The Morgan fingerprint density at radius 2 is 1.69 bits per heavy atom. The zero-order valence-corrected chi connectivity index (χ0v) is 15.4. The van der Waals surface area contributed by atoms with Crippen molar-refractivity contribution >= 4 is 27.8 Å². The van der Waals surface area contributed by atoms with Gasteiger partial charge in [-0.2, -0.15) is 13.2 Å². The van der Waals surface area contributed by atoms with Crippen molar-refractivity contribution in [3.05, 3.63) is 60.2 Å². The normalized spacial score (nSPS) is 17.9. The number of fused-ring (bicyclic) bond motifs is 2. The number of aromatic nitrogens is 4. The number of hydrogen-bond acceptors (Lipinski definition) is 4. The molecule has 1 atom stereocenters. The highest BCUT2D eigenvalue weighted by Gasteiger charge is 2.36. The van der Waals surface area contributed by atoms with Gasteiger partial charge in [0.15, 0.2) is 0 Å². The molecule has 0 radical (unpaired) electrons. The van der Waals surface area contributed by atoms with E-state index in [-0.39, 0.29) is 5.92 Å². The van der Waals surface area contributed by atoms with Crippen molar-refractivity contribution in [1.82, 2.24) is 19.9 Å². The second-order valence-electron chi connectivity index (χ2n) is 7.31. The van der Waals surface area contributed by atoms with Gasteiger partial charge in [0.05, 0.1) is 16.6 Å². The Morgan fingerprint density at radius 1 is 0.931 bits per heavy atom. The molecule has 4 aromatic rings. The van der Waals surface area contributed by atoms with Gasteiger partial charge < -0.3 is 9.88 Å². The van der Waals surface area contributed by atoms with Crippen molar-refractivity contribution in [2.24, 2.45) is 0 Å². The highest BCUT2D eigenvalue weighted by Crippen LogP contribution is 2.35. The molecule has 0 bridgehead atoms. The van der Waals surface area contributed by atoms with Gasteiger partial charge in [0.25, 0.3) is 0 Å². The van der Waals surface area contributed by atoms with E-state index < -0.39 is 12.0 Å². The van der Waals surface area contributed by atoms with E-state index in [0.29, 0.717) is 29.8 Å². The first kappa shape index (κ1) is 17.9. The summed E-state index contributed by atoms with van der Waals surface area (Å²) in [5, 5.41) is 0.630. The number of nitrogens with zero attached hydrogens (tertiary/aromatic N) is 4. The first-order valence-corrected chi connectivity index (χ1v) is 9.52. The van der Waals surface area contributed by atoms with E-state index >= 15 is 0 Å². The average Bonchev–Trinajstić information content (AvgIpc) is 3.17. The maximum absolute atomic E-state index is 13.4. The summed E-state index contributed by atoms with van der Waals surface area (Å²) in [7, 11) is 0. The molecule has 1 aliphatic heterocycles. The summed E-state index contributed by atoms with van der Waals surface area (Å²) in [5.41, 5.74) is 2.16. The quantitative estimate of drug-likeness (QED) is 0.522. The molecule has 5 rings (SSSR count). The van der Waals surface area contributed by atoms with Gasteiger partial charge in [0.1, 0.15) is 11.6 Å². The number of piperidine rings is 1. The lowest BCUT2D eigenvalue weighted by Crippen LogP contribution is -2.36. The highest BCUT2D eigenvalue weighted by atomic mass is 19.4. The minimum Gasteiger partial charge on any atom is -0.355 e. The van der Waals surface area contributed by atoms with Crippen molar-refractivity contribution in [1.29, 1.82) is 0 Å². The van der Waals surface area contributed by atoms with E-state index in [1.165, 1.54) is 0 Å². The summed E-state index contributed by atoms with van der Waals surface area (Å²) in [5.74, 6) is 0.199. The van der Waals surface area contributed by atoms with Crippen LogP contribution in [0.5, 0.6) is 0 Å². The Labute approximate surface area is 164 Å². The molecule has 3 heterocycles. The van der Waals surface area contributed by atoms with Crippen molar-refractivity contribution in [2.75, 3.05) is 18.0 Å². The molecule has 0 spiro atoms. The second kappa shape index (κ2) is 6.72. The van der Waals surface area contributed by atoms with Crippen LogP contribution in [-0.2, 0) is 6.18 Å². The molecule has 1 saturated heterocycles. The van der Waals surface area contributed by atoms with Crippen LogP contribution in [0.4, 0.5) is 19.0 Å². The summed E-state index contributed by atoms with van der Waals surface area (Å²) in [6.45, 7) is 1.20. The SMILES string of the molecule is FC(F)(F)c1nc(N2CCCC(c3nc4ccccc4[nH]3)C2)c2ccccc2n1. The maximum Gasteiger partial charge on any atom is 0.451 e. The zero-order chi connectivity index (χ0) is 20.0. The molecule has 0 amide bonds. The number of benzene rings is 2. The number of H-pyrrole nitrogens is 1. The lowest BCUT2D eigenvalue weighted by molar-refractivity contribution is -0.144. The van der Waals surface area contributed by atoms with E-state index in [4.69, 9.17) is 0 Å². The molecule has 29 heavy (non-hydrogen) atoms. The zero-order valence-electron chi connectivity index (χ0n) is 15.4. The Hall–Kier alpha value is -3.16. The van der Waals surface area contributed by atoms with Gasteiger partial charge in [0, 0.05) is 24.4 Å². The fourth-order valence-corrected chi connectivity index (χ4v) is 3.99. The Morgan fingerprint density at radius 3 is 2.48 bits per heavy atom.